The van der Waals surface area contributed by atoms with Gasteiger partial charge in [-0.1, -0.05) is 27.5 Å². The fourth-order valence-corrected chi connectivity index (χ4v) is 2.03. The van der Waals surface area contributed by atoms with Crippen LogP contribution in [-0.2, 0) is 0 Å². The van der Waals surface area contributed by atoms with Crippen molar-refractivity contribution in [2.45, 2.75) is 0 Å². The van der Waals surface area contributed by atoms with Gasteiger partial charge in [0, 0.05) is 15.1 Å². The SMILES string of the molecule is Nc1cc(Br)cnc1Oc1cc(Br)ccc1Cl. The number of nitrogens with two attached hydrogens (primary N) is 1. The molecule has 0 unspecified atom stereocenters. The van der Waals surface area contributed by atoms with Crippen LogP contribution in [0, 0.1) is 0 Å². The molecule has 17 heavy (non-hydrogen) atoms. The molecule has 0 saturated carbocycles. The van der Waals surface area contributed by atoms with Crippen molar-refractivity contribution >= 4 is 49.1 Å². The number of hydrogen-bond acceptors (Lipinski definition) is 3. The van der Waals surface area contributed by atoms with Crippen LogP contribution in [0.15, 0.2) is 39.4 Å². The van der Waals surface area contributed by atoms with Crippen LogP contribution in [0.3, 0.4) is 0 Å². The van der Waals surface area contributed by atoms with Crippen LogP contribution in [0.1, 0.15) is 0 Å². The van der Waals surface area contributed by atoms with E-state index in [1.165, 1.54) is 0 Å². The first-order chi connectivity index (χ1) is 8.06. The smallest absolute Gasteiger partial charge is 0.242 e. The predicted octanol–water partition coefficient (Wildman–Crippen LogP) is 4.63. The number of nitrogens with zero attached hydrogens (tertiary/aromatic N) is 1. The Morgan fingerprint density at radius 1 is 1.18 bits per heavy atom. The lowest BCUT2D eigenvalue weighted by Crippen LogP contribution is -1.95. The summed E-state index contributed by atoms with van der Waals surface area (Å²) < 4.78 is 7.22. The van der Waals surface area contributed by atoms with E-state index < -0.39 is 0 Å². The summed E-state index contributed by atoms with van der Waals surface area (Å²) in [6.45, 7) is 0. The molecule has 0 bridgehead atoms. The van der Waals surface area contributed by atoms with Crippen LogP contribution in [0.5, 0.6) is 11.6 Å². The van der Waals surface area contributed by atoms with Gasteiger partial charge >= 0.3 is 0 Å². The van der Waals surface area contributed by atoms with Crippen LogP contribution >= 0.6 is 43.5 Å². The van der Waals surface area contributed by atoms with E-state index in [2.05, 4.69) is 36.8 Å². The largest absolute Gasteiger partial charge is 0.435 e. The van der Waals surface area contributed by atoms with Crippen molar-refractivity contribution in [2.75, 3.05) is 5.73 Å². The van der Waals surface area contributed by atoms with Gasteiger partial charge in [0.15, 0.2) is 0 Å². The van der Waals surface area contributed by atoms with Crippen LogP contribution in [0.25, 0.3) is 0 Å². The number of benzene rings is 1. The number of ether oxygens (including phenoxy) is 1. The third-order valence-corrected chi connectivity index (χ3v) is 3.18. The van der Waals surface area contributed by atoms with E-state index in [0.29, 0.717) is 22.3 Å². The monoisotopic (exact) mass is 376 g/mol. The zero-order chi connectivity index (χ0) is 12.4. The average molecular weight is 378 g/mol. The van der Waals surface area contributed by atoms with Crippen molar-refractivity contribution in [1.29, 1.82) is 0 Å². The number of aromatic nitrogens is 1. The van der Waals surface area contributed by atoms with E-state index >= 15 is 0 Å². The number of nitrogen functional groups attached to an aromatic ring is 1. The van der Waals surface area contributed by atoms with Gasteiger partial charge in [-0.15, -0.1) is 0 Å². The second-order valence-electron chi connectivity index (χ2n) is 3.22. The molecule has 1 aromatic carbocycles. The molecular weight excluding hydrogens is 371 g/mol. The van der Waals surface area contributed by atoms with Gasteiger partial charge in [-0.3, -0.25) is 0 Å². The fourth-order valence-electron chi connectivity index (χ4n) is 1.19. The van der Waals surface area contributed by atoms with E-state index in [1.807, 2.05) is 6.07 Å². The zero-order valence-electron chi connectivity index (χ0n) is 8.45. The number of anilines is 1. The molecule has 2 rings (SSSR count). The predicted molar refractivity (Wildman–Crippen MR) is 75.6 cm³/mol. The molecule has 1 aromatic heterocycles. The highest BCUT2D eigenvalue weighted by molar-refractivity contribution is 9.10. The minimum Gasteiger partial charge on any atom is -0.435 e. The Hall–Kier alpha value is -0.780. The van der Waals surface area contributed by atoms with Crippen LogP contribution in [0.4, 0.5) is 5.69 Å². The van der Waals surface area contributed by atoms with Gasteiger partial charge in [0.2, 0.25) is 5.88 Å². The van der Waals surface area contributed by atoms with Crippen LogP contribution in [0.2, 0.25) is 5.02 Å². The lowest BCUT2D eigenvalue weighted by molar-refractivity contribution is 0.465. The number of hydrogen-bond donors (Lipinski definition) is 1. The normalized spacial score (nSPS) is 10.3. The lowest BCUT2D eigenvalue weighted by Gasteiger charge is -2.09. The Kier molecular flexibility index (Phi) is 3.91. The summed E-state index contributed by atoms with van der Waals surface area (Å²) in [6, 6.07) is 7.03. The van der Waals surface area contributed by atoms with Gasteiger partial charge in [-0.05, 0) is 40.2 Å². The Labute approximate surface area is 120 Å². The highest BCUT2D eigenvalue weighted by atomic mass is 79.9. The molecule has 88 valence electrons. The first kappa shape index (κ1) is 12.7. The van der Waals surface area contributed by atoms with E-state index in [4.69, 9.17) is 22.1 Å². The molecule has 3 nitrogen and oxygen atoms in total. The summed E-state index contributed by atoms with van der Waals surface area (Å²) in [7, 11) is 0. The summed E-state index contributed by atoms with van der Waals surface area (Å²) in [5, 5.41) is 0.498. The second kappa shape index (κ2) is 5.25. The van der Waals surface area contributed by atoms with E-state index in [0.717, 1.165) is 8.95 Å². The van der Waals surface area contributed by atoms with Crippen molar-refractivity contribution in [2.24, 2.45) is 0 Å². The molecule has 2 aromatic rings. The third kappa shape index (κ3) is 3.12. The summed E-state index contributed by atoms with van der Waals surface area (Å²) in [5.74, 6) is 0.829. The molecule has 0 saturated heterocycles. The molecule has 0 amide bonds. The maximum Gasteiger partial charge on any atom is 0.242 e. The van der Waals surface area contributed by atoms with Crippen molar-refractivity contribution in [3.05, 3.63) is 44.4 Å². The zero-order valence-corrected chi connectivity index (χ0v) is 12.4. The standard InChI is InChI=1S/C11H7Br2ClN2O/c12-6-1-2-8(14)10(4-6)17-11-9(15)3-7(13)5-16-11/h1-5H,15H2. The Morgan fingerprint density at radius 3 is 2.65 bits per heavy atom. The van der Waals surface area contributed by atoms with E-state index in [1.54, 1.807) is 24.4 Å². The average Bonchev–Trinajstić information content (AvgIpc) is 2.27. The van der Waals surface area contributed by atoms with Gasteiger partial charge in [0.05, 0.1) is 10.7 Å². The summed E-state index contributed by atoms with van der Waals surface area (Å²) in [6.07, 6.45) is 1.61. The van der Waals surface area contributed by atoms with Gasteiger partial charge in [0.1, 0.15) is 5.75 Å². The molecule has 1 heterocycles. The van der Waals surface area contributed by atoms with Gasteiger partial charge in [-0.2, -0.15) is 0 Å². The van der Waals surface area contributed by atoms with Gasteiger partial charge < -0.3 is 10.5 Å². The quantitative estimate of drug-likeness (QED) is 0.829. The molecule has 0 fully saturated rings. The number of rotatable bonds is 2. The Morgan fingerprint density at radius 2 is 1.94 bits per heavy atom. The van der Waals surface area contributed by atoms with Gasteiger partial charge in [-0.25, -0.2) is 4.98 Å². The molecule has 0 atom stereocenters. The molecule has 6 heteroatoms. The van der Waals surface area contributed by atoms with Gasteiger partial charge in [0.25, 0.3) is 0 Å². The minimum absolute atomic E-state index is 0.327. The molecule has 0 spiro atoms. The highest BCUT2D eigenvalue weighted by Gasteiger charge is 2.08. The molecule has 0 radical (unpaired) electrons. The fraction of sp³-hybridized carbons (Fsp3) is 0. The van der Waals surface area contributed by atoms with E-state index in [9.17, 15) is 0 Å². The number of pyridine rings is 1. The van der Waals surface area contributed by atoms with Crippen LogP contribution in [-0.4, -0.2) is 4.98 Å². The third-order valence-electron chi connectivity index (χ3n) is 1.95. The molecular formula is C11H7Br2ClN2O. The molecule has 0 aliphatic carbocycles. The first-order valence-corrected chi connectivity index (χ1v) is 6.56. The Balaban J connectivity index is 2.34. The summed E-state index contributed by atoms with van der Waals surface area (Å²) >= 11 is 12.6. The van der Waals surface area contributed by atoms with Crippen molar-refractivity contribution in [3.63, 3.8) is 0 Å². The lowest BCUT2D eigenvalue weighted by atomic mass is 10.3. The second-order valence-corrected chi connectivity index (χ2v) is 5.46. The first-order valence-electron chi connectivity index (χ1n) is 4.60. The maximum absolute atomic E-state index is 6.01. The summed E-state index contributed by atoms with van der Waals surface area (Å²) in [5.41, 5.74) is 6.23. The molecule has 0 aliphatic rings. The Bertz CT molecular complexity index is 563. The van der Waals surface area contributed by atoms with E-state index in [-0.39, 0.29) is 0 Å². The summed E-state index contributed by atoms with van der Waals surface area (Å²) in [4.78, 5) is 4.08. The van der Waals surface area contributed by atoms with Crippen molar-refractivity contribution < 1.29 is 4.74 Å². The number of halogens is 3. The molecule has 2 N–H and O–H groups in total. The van der Waals surface area contributed by atoms with Crippen molar-refractivity contribution in [1.82, 2.24) is 4.98 Å². The topological polar surface area (TPSA) is 48.1 Å². The van der Waals surface area contributed by atoms with Crippen molar-refractivity contribution in [3.8, 4) is 11.6 Å². The molecule has 0 aliphatic heterocycles. The van der Waals surface area contributed by atoms with Crippen LogP contribution < -0.4 is 10.5 Å². The maximum atomic E-state index is 6.01. The minimum atomic E-state index is 0.327. The highest BCUT2D eigenvalue weighted by Crippen LogP contribution is 2.33.